The maximum Gasteiger partial charge on any atom is 0.117 e. The van der Waals surface area contributed by atoms with Crippen LogP contribution in [0.15, 0.2) is 16.5 Å². The van der Waals surface area contributed by atoms with E-state index in [1.165, 1.54) is 0 Å². The van der Waals surface area contributed by atoms with Crippen LogP contribution in [-0.4, -0.2) is 18.3 Å². The van der Waals surface area contributed by atoms with Crippen molar-refractivity contribution in [2.24, 2.45) is 5.41 Å². The maximum atomic E-state index is 9.09. The van der Waals surface area contributed by atoms with Gasteiger partial charge in [0, 0.05) is 18.6 Å². The first-order valence-corrected chi connectivity index (χ1v) is 5.11. The molecule has 0 aliphatic heterocycles. The maximum absolute atomic E-state index is 9.09. The molecule has 3 heteroatoms. The number of nitrogens with one attached hydrogen (secondary N) is 1. The molecule has 0 atom stereocenters. The first-order chi connectivity index (χ1) is 6.74. The molecule has 0 saturated heterocycles. The average molecular weight is 195 g/mol. The Morgan fingerprint density at radius 2 is 2.29 bits per heavy atom. The van der Waals surface area contributed by atoms with E-state index in [9.17, 15) is 0 Å². The summed E-state index contributed by atoms with van der Waals surface area (Å²) in [5.41, 5.74) is 0.182. The third-order valence-corrected chi connectivity index (χ3v) is 2.89. The molecule has 1 aliphatic carbocycles. The van der Waals surface area contributed by atoms with Crippen molar-refractivity contribution in [3.8, 4) is 0 Å². The lowest BCUT2D eigenvalue weighted by molar-refractivity contribution is 0.206. The van der Waals surface area contributed by atoms with Crippen molar-refractivity contribution in [3.05, 3.63) is 23.7 Å². The summed E-state index contributed by atoms with van der Waals surface area (Å²) in [7, 11) is 0. The van der Waals surface area contributed by atoms with Crippen molar-refractivity contribution in [2.45, 2.75) is 26.3 Å². The molecule has 0 aromatic carbocycles. The standard InChI is InChI=1S/C11H17NO2/c1-9-2-3-10(14-9)6-12-7-11(8-13)4-5-11/h2-3,12-13H,4-8H2,1H3. The van der Waals surface area contributed by atoms with Crippen LogP contribution in [0.2, 0.25) is 0 Å². The molecule has 1 heterocycles. The Labute approximate surface area is 84.1 Å². The van der Waals surface area contributed by atoms with Gasteiger partial charge in [-0.3, -0.25) is 0 Å². The molecule has 3 nitrogen and oxygen atoms in total. The summed E-state index contributed by atoms with van der Waals surface area (Å²) < 4.78 is 5.43. The van der Waals surface area contributed by atoms with E-state index in [2.05, 4.69) is 5.32 Å². The van der Waals surface area contributed by atoms with Crippen LogP contribution in [0.25, 0.3) is 0 Å². The van der Waals surface area contributed by atoms with Crippen molar-refractivity contribution >= 4 is 0 Å². The molecule has 2 N–H and O–H groups in total. The number of hydrogen-bond acceptors (Lipinski definition) is 3. The summed E-state index contributed by atoms with van der Waals surface area (Å²) in [6.07, 6.45) is 2.29. The fourth-order valence-corrected chi connectivity index (χ4v) is 1.60. The highest BCUT2D eigenvalue weighted by Crippen LogP contribution is 2.44. The molecule has 14 heavy (non-hydrogen) atoms. The molecule has 1 saturated carbocycles. The first kappa shape index (κ1) is 9.74. The quantitative estimate of drug-likeness (QED) is 0.747. The molecule has 1 aromatic heterocycles. The molecule has 0 radical (unpaired) electrons. The number of aliphatic hydroxyl groups is 1. The smallest absolute Gasteiger partial charge is 0.117 e. The number of aryl methyl sites for hydroxylation is 1. The minimum absolute atomic E-state index is 0.182. The van der Waals surface area contributed by atoms with Gasteiger partial charge in [-0.2, -0.15) is 0 Å². The second-order valence-electron chi connectivity index (χ2n) is 4.27. The summed E-state index contributed by atoms with van der Waals surface area (Å²) >= 11 is 0. The highest BCUT2D eigenvalue weighted by atomic mass is 16.3. The van der Waals surface area contributed by atoms with E-state index in [0.29, 0.717) is 6.61 Å². The molecular weight excluding hydrogens is 178 g/mol. The van der Waals surface area contributed by atoms with Gasteiger partial charge < -0.3 is 14.8 Å². The molecule has 0 bridgehead atoms. The Kier molecular flexibility index (Phi) is 2.61. The van der Waals surface area contributed by atoms with Gasteiger partial charge in [0.15, 0.2) is 0 Å². The van der Waals surface area contributed by atoms with Gasteiger partial charge in [-0.15, -0.1) is 0 Å². The van der Waals surface area contributed by atoms with Crippen LogP contribution in [0.4, 0.5) is 0 Å². The van der Waals surface area contributed by atoms with E-state index in [1.807, 2.05) is 19.1 Å². The number of furan rings is 1. The van der Waals surface area contributed by atoms with Gasteiger partial charge in [0.1, 0.15) is 11.5 Å². The molecule has 0 unspecified atom stereocenters. The normalized spacial score (nSPS) is 18.4. The predicted octanol–water partition coefficient (Wildman–Crippen LogP) is 1.45. The third-order valence-electron chi connectivity index (χ3n) is 2.89. The largest absolute Gasteiger partial charge is 0.465 e. The van der Waals surface area contributed by atoms with Crippen LogP contribution in [0.5, 0.6) is 0 Å². The second-order valence-corrected chi connectivity index (χ2v) is 4.27. The van der Waals surface area contributed by atoms with Crippen molar-refractivity contribution in [1.82, 2.24) is 5.32 Å². The van der Waals surface area contributed by atoms with Crippen LogP contribution in [0.3, 0.4) is 0 Å². The van der Waals surface area contributed by atoms with E-state index >= 15 is 0 Å². The summed E-state index contributed by atoms with van der Waals surface area (Å²) in [5.74, 6) is 1.92. The molecule has 1 aliphatic rings. The molecular formula is C11H17NO2. The van der Waals surface area contributed by atoms with Crippen LogP contribution in [0, 0.1) is 12.3 Å². The number of rotatable bonds is 5. The number of aliphatic hydroxyl groups excluding tert-OH is 1. The van der Waals surface area contributed by atoms with Gasteiger partial charge >= 0.3 is 0 Å². The van der Waals surface area contributed by atoms with Crippen LogP contribution < -0.4 is 5.32 Å². The van der Waals surface area contributed by atoms with Gasteiger partial charge in [0.2, 0.25) is 0 Å². The molecule has 1 fully saturated rings. The Morgan fingerprint density at radius 1 is 1.50 bits per heavy atom. The highest BCUT2D eigenvalue weighted by molar-refractivity contribution is 5.05. The van der Waals surface area contributed by atoms with Crippen molar-refractivity contribution in [3.63, 3.8) is 0 Å². The fourth-order valence-electron chi connectivity index (χ4n) is 1.60. The Balaban J connectivity index is 1.73. The summed E-state index contributed by atoms with van der Waals surface area (Å²) in [5, 5.41) is 12.4. The van der Waals surface area contributed by atoms with Crippen LogP contribution >= 0.6 is 0 Å². The van der Waals surface area contributed by atoms with E-state index in [0.717, 1.165) is 37.5 Å². The van der Waals surface area contributed by atoms with Gasteiger partial charge in [-0.25, -0.2) is 0 Å². The van der Waals surface area contributed by atoms with Crippen LogP contribution in [0.1, 0.15) is 24.4 Å². The Hall–Kier alpha value is -0.800. The summed E-state index contributed by atoms with van der Waals surface area (Å²) in [4.78, 5) is 0. The average Bonchev–Trinajstić information content (AvgIpc) is 2.84. The summed E-state index contributed by atoms with van der Waals surface area (Å²) in [6, 6.07) is 3.96. The van der Waals surface area contributed by atoms with Crippen LogP contribution in [-0.2, 0) is 6.54 Å². The predicted molar refractivity (Wildman–Crippen MR) is 53.9 cm³/mol. The molecule has 2 rings (SSSR count). The first-order valence-electron chi connectivity index (χ1n) is 5.11. The molecule has 1 aromatic rings. The second kappa shape index (κ2) is 3.75. The number of hydrogen-bond donors (Lipinski definition) is 2. The molecule has 0 spiro atoms. The van der Waals surface area contributed by atoms with Crippen molar-refractivity contribution < 1.29 is 9.52 Å². The van der Waals surface area contributed by atoms with Gasteiger partial charge in [0.25, 0.3) is 0 Å². The van der Waals surface area contributed by atoms with E-state index in [-0.39, 0.29) is 5.41 Å². The zero-order valence-corrected chi connectivity index (χ0v) is 8.55. The minimum Gasteiger partial charge on any atom is -0.465 e. The molecule has 0 amide bonds. The summed E-state index contributed by atoms with van der Waals surface area (Å²) in [6.45, 7) is 3.90. The zero-order chi connectivity index (χ0) is 10.0. The zero-order valence-electron chi connectivity index (χ0n) is 8.55. The highest BCUT2D eigenvalue weighted by Gasteiger charge is 2.41. The lowest BCUT2D eigenvalue weighted by Crippen LogP contribution is -2.25. The minimum atomic E-state index is 0.182. The van der Waals surface area contributed by atoms with Gasteiger partial charge in [-0.1, -0.05) is 0 Å². The topological polar surface area (TPSA) is 45.4 Å². The van der Waals surface area contributed by atoms with Crippen molar-refractivity contribution in [2.75, 3.05) is 13.2 Å². The third kappa shape index (κ3) is 2.16. The monoisotopic (exact) mass is 195 g/mol. The molecule has 78 valence electrons. The lowest BCUT2D eigenvalue weighted by atomic mass is 10.1. The van der Waals surface area contributed by atoms with E-state index < -0.39 is 0 Å². The Bertz CT molecular complexity index is 302. The fraction of sp³-hybridized carbons (Fsp3) is 0.636. The van der Waals surface area contributed by atoms with E-state index in [4.69, 9.17) is 9.52 Å². The van der Waals surface area contributed by atoms with Crippen molar-refractivity contribution in [1.29, 1.82) is 0 Å². The van der Waals surface area contributed by atoms with E-state index in [1.54, 1.807) is 0 Å². The van der Waals surface area contributed by atoms with Gasteiger partial charge in [0.05, 0.1) is 6.54 Å². The SMILES string of the molecule is Cc1ccc(CNCC2(CO)CC2)o1. The lowest BCUT2D eigenvalue weighted by Gasteiger charge is -2.11. The Morgan fingerprint density at radius 3 is 2.79 bits per heavy atom. The van der Waals surface area contributed by atoms with Gasteiger partial charge in [-0.05, 0) is 31.9 Å².